The molecule has 2 aromatic rings. The number of hydrogen-bond donors (Lipinski definition) is 1. The fraction of sp³-hybridized carbons (Fsp3) is 0.409. The number of nitrogens with zero attached hydrogens (tertiary/aromatic N) is 2. The van der Waals surface area contributed by atoms with Gasteiger partial charge in [-0.3, -0.25) is 14.6 Å². The second kappa shape index (κ2) is 10.7. The van der Waals surface area contributed by atoms with Crippen LogP contribution in [0, 0.1) is 0 Å². The van der Waals surface area contributed by atoms with Crippen LogP contribution in [0.5, 0.6) is 5.75 Å². The number of para-hydroxylation sites is 1. The van der Waals surface area contributed by atoms with Gasteiger partial charge in [-0.05, 0) is 24.1 Å². The number of nitrogens with one attached hydrogen (secondary N) is 1. The molecule has 0 bridgehead atoms. The number of benzene rings is 2. The van der Waals surface area contributed by atoms with Gasteiger partial charge >= 0.3 is 0 Å². The minimum absolute atomic E-state index is 0.117. The van der Waals surface area contributed by atoms with Crippen molar-refractivity contribution < 1.29 is 9.53 Å². The van der Waals surface area contributed by atoms with E-state index in [9.17, 15) is 4.79 Å². The Hall–Kier alpha value is -2.37. The highest BCUT2D eigenvalue weighted by Crippen LogP contribution is 2.08. The third-order valence-corrected chi connectivity index (χ3v) is 4.83. The predicted molar refractivity (Wildman–Crippen MR) is 108 cm³/mol. The third kappa shape index (κ3) is 7.04. The topological polar surface area (TPSA) is 44.8 Å². The van der Waals surface area contributed by atoms with Crippen LogP contribution in [0.4, 0.5) is 0 Å². The van der Waals surface area contributed by atoms with Crippen LogP contribution in [0.15, 0.2) is 60.7 Å². The summed E-state index contributed by atoms with van der Waals surface area (Å²) in [4.78, 5) is 16.7. The van der Waals surface area contributed by atoms with Crippen LogP contribution in [0.1, 0.15) is 5.56 Å². The molecule has 1 amide bonds. The molecule has 0 saturated carbocycles. The van der Waals surface area contributed by atoms with Crippen molar-refractivity contribution in [1.29, 1.82) is 0 Å². The minimum atomic E-state index is 0.117. The zero-order valence-corrected chi connectivity index (χ0v) is 15.8. The summed E-state index contributed by atoms with van der Waals surface area (Å²) in [5.41, 5.74) is 1.25. The zero-order valence-electron chi connectivity index (χ0n) is 15.8. The molecule has 0 aromatic heterocycles. The maximum absolute atomic E-state index is 12.1. The van der Waals surface area contributed by atoms with Gasteiger partial charge in [-0.15, -0.1) is 0 Å². The summed E-state index contributed by atoms with van der Waals surface area (Å²) in [6, 6.07) is 20.2. The Morgan fingerprint density at radius 1 is 0.889 bits per heavy atom. The summed E-state index contributed by atoms with van der Waals surface area (Å²) < 4.78 is 5.76. The second-order valence-electron chi connectivity index (χ2n) is 6.86. The van der Waals surface area contributed by atoms with Gasteiger partial charge in [0.15, 0.2) is 0 Å². The van der Waals surface area contributed by atoms with E-state index in [4.69, 9.17) is 4.74 Å². The Bertz CT molecular complexity index is 670. The number of amides is 1. The molecule has 1 heterocycles. The van der Waals surface area contributed by atoms with Gasteiger partial charge in [-0.25, -0.2) is 0 Å². The molecule has 0 radical (unpaired) electrons. The lowest BCUT2D eigenvalue weighted by Crippen LogP contribution is -2.50. The standard InChI is InChI=1S/C22H29N3O2/c26-22(23-12-11-20-7-3-1-4-8-20)19-25-15-13-24(14-16-25)17-18-27-21-9-5-2-6-10-21/h1-10H,11-19H2,(H,23,26). The van der Waals surface area contributed by atoms with E-state index in [0.29, 0.717) is 19.7 Å². The highest BCUT2D eigenvalue weighted by molar-refractivity contribution is 5.78. The number of hydrogen-bond acceptors (Lipinski definition) is 4. The van der Waals surface area contributed by atoms with E-state index in [1.165, 1.54) is 5.56 Å². The Balaban J connectivity index is 1.26. The molecule has 0 spiro atoms. The molecule has 1 saturated heterocycles. The molecule has 0 unspecified atom stereocenters. The summed E-state index contributed by atoms with van der Waals surface area (Å²) in [5, 5.41) is 3.03. The van der Waals surface area contributed by atoms with Gasteiger partial charge in [-0.1, -0.05) is 48.5 Å². The highest BCUT2D eigenvalue weighted by Gasteiger charge is 2.18. The normalized spacial score (nSPS) is 15.4. The van der Waals surface area contributed by atoms with Crippen molar-refractivity contribution in [3.05, 3.63) is 66.2 Å². The minimum Gasteiger partial charge on any atom is -0.492 e. The fourth-order valence-electron chi connectivity index (χ4n) is 3.23. The van der Waals surface area contributed by atoms with E-state index in [1.807, 2.05) is 48.5 Å². The smallest absolute Gasteiger partial charge is 0.234 e. The molecule has 0 aliphatic carbocycles. The van der Waals surface area contributed by atoms with E-state index in [-0.39, 0.29) is 5.91 Å². The van der Waals surface area contributed by atoms with Crippen molar-refractivity contribution in [1.82, 2.24) is 15.1 Å². The van der Waals surface area contributed by atoms with Crippen molar-refractivity contribution in [2.75, 3.05) is 52.4 Å². The first kappa shape index (κ1) is 19.4. The first-order valence-corrected chi connectivity index (χ1v) is 9.73. The highest BCUT2D eigenvalue weighted by atomic mass is 16.5. The maximum Gasteiger partial charge on any atom is 0.234 e. The number of rotatable bonds is 9. The molecule has 27 heavy (non-hydrogen) atoms. The third-order valence-electron chi connectivity index (χ3n) is 4.83. The van der Waals surface area contributed by atoms with Crippen LogP contribution in [0.25, 0.3) is 0 Å². The van der Waals surface area contributed by atoms with Crippen molar-refractivity contribution in [3.8, 4) is 5.75 Å². The molecule has 3 rings (SSSR count). The van der Waals surface area contributed by atoms with Crippen LogP contribution in [-0.2, 0) is 11.2 Å². The quantitative estimate of drug-likeness (QED) is 0.737. The van der Waals surface area contributed by atoms with Crippen LogP contribution in [-0.4, -0.2) is 68.1 Å². The van der Waals surface area contributed by atoms with Crippen LogP contribution in [0.2, 0.25) is 0 Å². The zero-order chi connectivity index (χ0) is 18.7. The number of carbonyl (C=O) groups is 1. The molecular weight excluding hydrogens is 338 g/mol. The van der Waals surface area contributed by atoms with Crippen molar-refractivity contribution in [3.63, 3.8) is 0 Å². The van der Waals surface area contributed by atoms with Crippen LogP contribution < -0.4 is 10.1 Å². The van der Waals surface area contributed by atoms with Crippen molar-refractivity contribution in [2.45, 2.75) is 6.42 Å². The van der Waals surface area contributed by atoms with E-state index in [2.05, 4.69) is 27.2 Å². The lowest BCUT2D eigenvalue weighted by Gasteiger charge is -2.34. The summed E-state index contributed by atoms with van der Waals surface area (Å²) in [5.74, 6) is 1.04. The average Bonchev–Trinajstić information content (AvgIpc) is 2.71. The predicted octanol–water partition coefficient (Wildman–Crippen LogP) is 2.04. The number of piperazine rings is 1. The van der Waals surface area contributed by atoms with E-state index in [0.717, 1.165) is 44.9 Å². The summed E-state index contributed by atoms with van der Waals surface area (Å²) in [7, 11) is 0. The molecule has 2 aromatic carbocycles. The van der Waals surface area contributed by atoms with Crippen molar-refractivity contribution >= 4 is 5.91 Å². The fourth-order valence-corrected chi connectivity index (χ4v) is 3.23. The molecule has 144 valence electrons. The number of carbonyl (C=O) groups excluding carboxylic acids is 1. The molecule has 5 heteroatoms. The largest absolute Gasteiger partial charge is 0.492 e. The Kier molecular flexibility index (Phi) is 7.69. The average molecular weight is 367 g/mol. The van der Waals surface area contributed by atoms with Crippen LogP contribution >= 0.6 is 0 Å². The van der Waals surface area contributed by atoms with Gasteiger partial charge in [0.25, 0.3) is 0 Å². The van der Waals surface area contributed by atoms with Gasteiger partial charge in [0, 0.05) is 39.3 Å². The summed E-state index contributed by atoms with van der Waals surface area (Å²) >= 11 is 0. The van der Waals surface area contributed by atoms with Gasteiger partial charge in [0.2, 0.25) is 5.91 Å². The molecular formula is C22H29N3O2. The van der Waals surface area contributed by atoms with Gasteiger partial charge < -0.3 is 10.1 Å². The first-order valence-electron chi connectivity index (χ1n) is 9.73. The molecule has 0 atom stereocenters. The monoisotopic (exact) mass is 367 g/mol. The summed E-state index contributed by atoms with van der Waals surface area (Å²) in [6.45, 7) is 6.62. The van der Waals surface area contributed by atoms with Gasteiger partial charge in [0.1, 0.15) is 12.4 Å². The molecule has 1 aliphatic heterocycles. The second-order valence-corrected chi connectivity index (χ2v) is 6.86. The van der Waals surface area contributed by atoms with E-state index >= 15 is 0 Å². The summed E-state index contributed by atoms with van der Waals surface area (Å²) in [6.07, 6.45) is 0.877. The molecule has 1 aliphatic rings. The van der Waals surface area contributed by atoms with Gasteiger partial charge in [-0.2, -0.15) is 0 Å². The van der Waals surface area contributed by atoms with Crippen LogP contribution in [0.3, 0.4) is 0 Å². The molecule has 1 fully saturated rings. The molecule has 1 N–H and O–H groups in total. The lowest BCUT2D eigenvalue weighted by atomic mass is 10.1. The molecule has 5 nitrogen and oxygen atoms in total. The Labute approximate surface area is 161 Å². The van der Waals surface area contributed by atoms with Gasteiger partial charge in [0.05, 0.1) is 6.54 Å². The van der Waals surface area contributed by atoms with Crippen molar-refractivity contribution in [2.24, 2.45) is 0 Å². The number of ether oxygens (including phenoxy) is 1. The maximum atomic E-state index is 12.1. The Morgan fingerprint density at radius 3 is 2.22 bits per heavy atom. The lowest BCUT2D eigenvalue weighted by molar-refractivity contribution is -0.122. The SMILES string of the molecule is O=C(CN1CCN(CCOc2ccccc2)CC1)NCCc1ccccc1. The Morgan fingerprint density at radius 2 is 1.52 bits per heavy atom. The first-order chi connectivity index (χ1) is 13.3. The van der Waals surface area contributed by atoms with E-state index in [1.54, 1.807) is 0 Å². The van der Waals surface area contributed by atoms with E-state index < -0.39 is 0 Å².